The maximum atomic E-state index is 7.45. The summed E-state index contributed by atoms with van der Waals surface area (Å²) < 4.78 is 7.45. The van der Waals surface area contributed by atoms with E-state index in [-0.39, 0.29) is 18.9 Å². The second-order valence-corrected chi connectivity index (χ2v) is 0.949. The van der Waals surface area contributed by atoms with Crippen LogP contribution in [0.4, 0.5) is 0 Å². The molecule has 0 rings (SSSR count). The van der Waals surface area contributed by atoms with Crippen molar-refractivity contribution in [1.29, 1.82) is 0 Å². The summed E-state index contributed by atoms with van der Waals surface area (Å²) in [6.45, 7) is 0. The Balaban J connectivity index is 0. The molecule has 0 aliphatic heterocycles. The second-order valence-electron chi connectivity index (χ2n) is 0.105. The molecule has 4 heteroatoms. The summed E-state index contributed by atoms with van der Waals surface area (Å²) >= 11 is 0.667. The molecule has 0 bridgehead atoms. The van der Waals surface area contributed by atoms with Crippen LogP contribution >= 0.6 is 20.1 Å². The summed E-state index contributed by atoms with van der Waals surface area (Å²) in [7, 11) is 2.05. The van der Waals surface area contributed by atoms with Crippen molar-refractivity contribution >= 4 is 39.0 Å². The van der Waals surface area contributed by atoms with Gasteiger partial charge in [-0.25, -0.2) is 0 Å². The van der Waals surface area contributed by atoms with Crippen LogP contribution in [0.2, 0.25) is 0 Å². The van der Waals surface area contributed by atoms with Crippen LogP contribution in [0.3, 0.4) is 0 Å². The Morgan fingerprint density at radius 3 is 1.75 bits per heavy atom. The molecule has 1 atom stereocenters. The van der Waals surface area contributed by atoms with E-state index in [0.717, 1.165) is 0 Å². The molecule has 0 amide bonds. The van der Waals surface area contributed by atoms with Gasteiger partial charge < -0.3 is 4.55 Å². The Labute approximate surface area is 43.9 Å². The summed E-state index contributed by atoms with van der Waals surface area (Å²) in [5, 5.41) is 0. The van der Waals surface area contributed by atoms with E-state index in [2.05, 4.69) is 8.44 Å². The van der Waals surface area contributed by atoms with Crippen molar-refractivity contribution < 1.29 is 4.55 Å². The Morgan fingerprint density at radius 2 is 1.75 bits per heavy atom. The van der Waals surface area contributed by atoms with Crippen LogP contribution in [0.25, 0.3) is 0 Å². The molecule has 0 radical (unpaired) electrons. The van der Waals surface area contributed by atoms with E-state index >= 15 is 0 Å². The molecular formula is H4LiOPS. The van der Waals surface area contributed by atoms with E-state index in [9.17, 15) is 0 Å². The summed E-state index contributed by atoms with van der Waals surface area (Å²) in [6.07, 6.45) is 0. The van der Waals surface area contributed by atoms with Gasteiger partial charge in [-0.05, 0) is 8.44 Å². The quantitative estimate of drug-likeness (QED) is 0.263. The zero-order valence-corrected chi connectivity index (χ0v) is 3.40. The first-order valence-corrected chi connectivity index (χ1v) is 2.67. The van der Waals surface area contributed by atoms with Crippen molar-refractivity contribution in [3.8, 4) is 0 Å². The van der Waals surface area contributed by atoms with Gasteiger partial charge in [-0.2, -0.15) is 0 Å². The fourth-order valence-corrected chi connectivity index (χ4v) is 0. The molecule has 1 nitrogen and oxygen atoms in total. The van der Waals surface area contributed by atoms with Crippen LogP contribution in [0, 0.1) is 0 Å². The third-order valence-corrected chi connectivity index (χ3v) is 0. The summed E-state index contributed by atoms with van der Waals surface area (Å²) in [6, 6.07) is 0. The second kappa shape index (κ2) is 8.84. The Kier molecular flexibility index (Phi) is 19.9. The molecule has 0 heterocycles. The predicted molar refractivity (Wildman–Crippen MR) is 27.1 cm³/mol. The molecule has 0 aromatic rings. The van der Waals surface area contributed by atoms with Crippen LogP contribution in [0.1, 0.15) is 0 Å². The summed E-state index contributed by atoms with van der Waals surface area (Å²) in [4.78, 5) is 0. The van der Waals surface area contributed by atoms with Crippen LogP contribution < -0.4 is 0 Å². The van der Waals surface area contributed by atoms with Crippen LogP contribution in [0.15, 0.2) is 0 Å². The van der Waals surface area contributed by atoms with Gasteiger partial charge >= 0.3 is 18.9 Å². The molecule has 22 valence electrons. The van der Waals surface area contributed by atoms with Gasteiger partial charge in [-0.1, -0.05) is 0 Å². The third-order valence-electron chi connectivity index (χ3n) is 0. The van der Waals surface area contributed by atoms with Gasteiger partial charge in [0.1, 0.15) is 0 Å². The van der Waals surface area contributed by atoms with E-state index < -0.39 is 0 Å². The van der Waals surface area contributed by atoms with Crippen LogP contribution in [-0.2, 0) is 0 Å². The summed E-state index contributed by atoms with van der Waals surface area (Å²) in [5.41, 5.74) is 0. The average molecular weight is 90.0 g/mol. The van der Waals surface area contributed by atoms with Crippen LogP contribution in [-0.4, -0.2) is 23.4 Å². The van der Waals surface area contributed by atoms with Crippen molar-refractivity contribution in [3.05, 3.63) is 0 Å². The van der Waals surface area contributed by atoms with Crippen molar-refractivity contribution in [2.75, 3.05) is 0 Å². The van der Waals surface area contributed by atoms with Gasteiger partial charge in [0, 0.05) is 11.7 Å². The Hall–Kier alpha value is 1.34. The number of hydrogen-bond donors (Lipinski definition) is 1. The first-order chi connectivity index (χ1) is 1.41. The van der Waals surface area contributed by atoms with Gasteiger partial charge in [-0.3, -0.25) is 0 Å². The third kappa shape index (κ3) is 10.2. The van der Waals surface area contributed by atoms with Gasteiger partial charge in [0.25, 0.3) is 0 Å². The molecule has 0 spiro atoms. The van der Waals surface area contributed by atoms with Crippen molar-refractivity contribution in [3.63, 3.8) is 0 Å². The molecule has 4 heavy (non-hydrogen) atoms. The Bertz CT molecular complexity index is 8.00. The minimum atomic E-state index is 0. The zero-order valence-electron chi connectivity index (χ0n) is 1.43. The van der Waals surface area contributed by atoms with E-state index in [0.29, 0.717) is 11.7 Å². The zero-order chi connectivity index (χ0) is 2.71. The van der Waals surface area contributed by atoms with E-state index in [1.165, 1.54) is 0 Å². The average Bonchev–Trinajstić information content (AvgIpc) is 0.918. The topological polar surface area (TPSA) is 20.2 Å². The van der Waals surface area contributed by atoms with E-state index in [1.807, 2.05) is 0 Å². The first kappa shape index (κ1) is 9.02. The van der Waals surface area contributed by atoms with Gasteiger partial charge in [0.15, 0.2) is 0 Å². The van der Waals surface area contributed by atoms with Gasteiger partial charge in [0.2, 0.25) is 0 Å². The fraction of sp³-hybridized carbons (Fsp3) is 0. The summed E-state index contributed by atoms with van der Waals surface area (Å²) in [5.74, 6) is 0. The molecule has 1 unspecified atom stereocenters. The molecule has 0 saturated heterocycles. The van der Waals surface area contributed by atoms with Crippen LogP contribution in [0.5, 0.6) is 0 Å². The molecule has 0 aromatic heterocycles. The maximum absolute atomic E-state index is 7.45. The SMILES string of the molecule is OSP.[LiH]. The molecule has 0 fully saturated rings. The molecule has 0 aromatic carbocycles. The van der Waals surface area contributed by atoms with Crippen molar-refractivity contribution in [1.82, 2.24) is 0 Å². The van der Waals surface area contributed by atoms with Crippen molar-refractivity contribution in [2.45, 2.75) is 0 Å². The Morgan fingerprint density at radius 1 is 1.75 bits per heavy atom. The minimum absolute atomic E-state index is 0. The molecular weight excluding hydrogens is 86.0 g/mol. The van der Waals surface area contributed by atoms with E-state index in [1.54, 1.807) is 0 Å². The molecule has 1 N–H and O–H groups in total. The van der Waals surface area contributed by atoms with E-state index in [4.69, 9.17) is 4.55 Å². The number of hydrogen-bond acceptors (Lipinski definition) is 2. The standard InChI is InChI=1S/Li.H3OPS.H/c;1-3-2;/h;1H,2H2;. The normalized spacial score (nSPS) is 4.50. The van der Waals surface area contributed by atoms with Gasteiger partial charge in [-0.15, -0.1) is 0 Å². The fourth-order valence-electron chi connectivity index (χ4n) is 0. The molecule has 0 aliphatic rings. The van der Waals surface area contributed by atoms with Crippen molar-refractivity contribution in [2.24, 2.45) is 0 Å². The first-order valence-electron chi connectivity index (χ1n) is 0.418. The predicted octanol–water partition coefficient (Wildman–Crippen LogP) is 0.334. The van der Waals surface area contributed by atoms with Gasteiger partial charge in [0.05, 0.1) is 0 Å². The molecule has 0 aliphatic carbocycles. The number of rotatable bonds is 0. The molecule has 0 saturated carbocycles. The monoisotopic (exact) mass is 90.0 g/mol.